The van der Waals surface area contributed by atoms with Gasteiger partial charge in [-0.2, -0.15) is 5.10 Å². The highest BCUT2D eigenvalue weighted by atomic mass is 16.5. The standard InChI is InChI=1S/C11H11N3O3/c1-17-10-3-2-8(11(15)16)4-9(10)5-14-7-12-6-13-14/h2-4,6-7H,5H2,1H3,(H,15,16). The smallest absolute Gasteiger partial charge is 0.335 e. The van der Waals surface area contributed by atoms with Gasteiger partial charge < -0.3 is 9.84 Å². The second-order valence-electron chi connectivity index (χ2n) is 3.42. The summed E-state index contributed by atoms with van der Waals surface area (Å²) in [5.41, 5.74) is 0.971. The molecule has 0 bridgehead atoms. The minimum atomic E-state index is -0.965. The van der Waals surface area contributed by atoms with Crippen LogP contribution in [-0.4, -0.2) is 33.0 Å². The molecule has 0 fully saturated rings. The Morgan fingerprint density at radius 3 is 2.94 bits per heavy atom. The van der Waals surface area contributed by atoms with Crippen LogP contribution in [0.1, 0.15) is 15.9 Å². The molecule has 1 aromatic heterocycles. The third-order valence-corrected chi connectivity index (χ3v) is 2.33. The predicted molar refractivity (Wildman–Crippen MR) is 59.1 cm³/mol. The lowest BCUT2D eigenvalue weighted by Gasteiger charge is -2.09. The first-order valence-corrected chi connectivity index (χ1v) is 4.93. The van der Waals surface area contributed by atoms with Gasteiger partial charge in [0.25, 0.3) is 0 Å². The fourth-order valence-electron chi connectivity index (χ4n) is 1.52. The van der Waals surface area contributed by atoms with E-state index in [4.69, 9.17) is 9.84 Å². The number of aromatic carboxylic acids is 1. The van der Waals surface area contributed by atoms with Gasteiger partial charge in [-0.15, -0.1) is 0 Å². The van der Waals surface area contributed by atoms with Crippen LogP contribution in [0, 0.1) is 0 Å². The van der Waals surface area contributed by atoms with E-state index in [0.29, 0.717) is 12.3 Å². The van der Waals surface area contributed by atoms with Gasteiger partial charge in [-0.3, -0.25) is 0 Å². The van der Waals surface area contributed by atoms with Crippen molar-refractivity contribution in [3.8, 4) is 5.75 Å². The molecule has 6 heteroatoms. The van der Waals surface area contributed by atoms with E-state index in [-0.39, 0.29) is 5.56 Å². The molecule has 2 rings (SSSR count). The van der Waals surface area contributed by atoms with Crippen molar-refractivity contribution in [3.05, 3.63) is 42.0 Å². The fraction of sp³-hybridized carbons (Fsp3) is 0.182. The van der Waals surface area contributed by atoms with Crippen molar-refractivity contribution in [1.82, 2.24) is 14.8 Å². The molecule has 6 nitrogen and oxygen atoms in total. The molecular weight excluding hydrogens is 222 g/mol. The number of benzene rings is 1. The molecule has 2 aromatic rings. The molecule has 0 spiro atoms. The molecule has 88 valence electrons. The van der Waals surface area contributed by atoms with Gasteiger partial charge >= 0.3 is 5.97 Å². The van der Waals surface area contributed by atoms with E-state index < -0.39 is 5.97 Å². The van der Waals surface area contributed by atoms with Crippen LogP contribution >= 0.6 is 0 Å². The third-order valence-electron chi connectivity index (χ3n) is 2.33. The first-order chi connectivity index (χ1) is 8.20. The van der Waals surface area contributed by atoms with Crippen molar-refractivity contribution in [2.45, 2.75) is 6.54 Å². The summed E-state index contributed by atoms with van der Waals surface area (Å²) in [7, 11) is 1.54. The zero-order chi connectivity index (χ0) is 12.3. The Balaban J connectivity index is 2.35. The Bertz CT molecular complexity index is 523. The van der Waals surface area contributed by atoms with Crippen LogP contribution < -0.4 is 4.74 Å². The lowest BCUT2D eigenvalue weighted by Crippen LogP contribution is -2.05. The Kier molecular flexibility index (Phi) is 3.04. The summed E-state index contributed by atoms with van der Waals surface area (Å²) in [6.45, 7) is 0.421. The SMILES string of the molecule is COc1ccc(C(=O)O)cc1Cn1cncn1. The van der Waals surface area contributed by atoms with Gasteiger partial charge in [0.05, 0.1) is 19.2 Å². The maximum atomic E-state index is 10.9. The van der Waals surface area contributed by atoms with Crippen LogP contribution in [-0.2, 0) is 6.54 Å². The number of carboxylic acid groups (broad SMARTS) is 1. The Hall–Kier alpha value is -2.37. The van der Waals surface area contributed by atoms with Crippen LogP contribution in [0.3, 0.4) is 0 Å². The van der Waals surface area contributed by atoms with E-state index >= 15 is 0 Å². The average Bonchev–Trinajstić information content (AvgIpc) is 2.81. The third kappa shape index (κ3) is 2.41. The predicted octanol–water partition coefficient (Wildman–Crippen LogP) is 1.03. The summed E-state index contributed by atoms with van der Waals surface area (Å²) in [5, 5.41) is 12.9. The summed E-state index contributed by atoms with van der Waals surface area (Å²) >= 11 is 0. The van der Waals surface area contributed by atoms with Gasteiger partial charge in [0.2, 0.25) is 0 Å². The van der Waals surface area contributed by atoms with Gasteiger partial charge in [-0.05, 0) is 18.2 Å². The van der Waals surface area contributed by atoms with E-state index in [1.54, 1.807) is 30.3 Å². The topological polar surface area (TPSA) is 77.2 Å². The molecule has 17 heavy (non-hydrogen) atoms. The second kappa shape index (κ2) is 4.65. The highest BCUT2D eigenvalue weighted by Gasteiger charge is 2.09. The number of aromatic nitrogens is 3. The van der Waals surface area contributed by atoms with Crippen LogP contribution in [0.25, 0.3) is 0 Å². The molecule has 0 unspecified atom stereocenters. The number of hydrogen-bond acceptors (Lipinski definition) is 4. The maximum Gasteiger partial charge on any atom is 0.335 e. The first-order valence-electron chi connectivity index (χ1n) is 4.93. The van der Waals surface area contributed by atoms with E-state index in [1.165, 1.54) is 12.4 Å². The molecule has 1 N–H and O–H groups in total. The summed E-state index contributed by atoms with van der Waals surface area (Å²) < 4.78 is 6.78. The van der Waals surface area contributed by atoms with Gasteiger partial charge in [-0.25, -0.2) is 14.5 Å². The number of carboxylic acids is 1. The number of ether oxygens (including phenoxy) is 1. The van der Waals surface area contributed by atoms with Crippen molar-refractivity contribution in [2.24, 2.45) is 0 Å². The van der Waals surface area contributed by atoms with E-state index in [2.05, 4.69) is 10.1 Å². The minimum Gasteiger partial charge on any atom is -0.496 e. The molecular formula is C11H11N3O3. The van der Waals surface area contributed by atoms with Crippen LogP contribution in [0.15, 0.2) is 30.9 Å². The number of nitrogens with zero attached hydrogens (tertiary/aromatic N) is 3. The molecule has 0 saturated carbocycles. The molecule has 0 saturated heterocycles. The van der Waals surface area contributed by atoms with E-state index in [0.717, 1.165) is 5.56 Å². The number of methoxy groups -OCH3 is 1. The first kappa shape index (κ1) is 11.1. The fourth-order valence-corrected chi connectivity index (χ4v) is 1.52. The van der Waals surface area contributed by atoms with Crippen LogP contribution in [0.4, 0.5) is 0 Å². The zero-order valence-electron chi connectivity index (χ0n) is 9.20. The van der Waals surface area contributed by atoms with Gasteiger partial charge in [0.1, 0.15) is 18.4 Å². The molecule has 0 aliphatic heterocycles. The van der Waals surface area contributed by atoms with Crippen molar-refractivity contribution in [2.75, 3.05) is 7.11 Å². The van der Waals surface area contributed by atoms with Crippen LogP contribution in [0.2, 0.25) is 0 Å². The van der Waals surface area contributed by atoms with E-state index in [1.807, 2.05) is 0 Å². The van der Waals surface area contributed by atoms with Crippen molar-refractivity contribution < 1.29 is 14.6 Å². The highest BCUT2D eigenvalue weighted by Crippen LogP contribution is 2.20. The number of rotatable bonds is 4. The highest BCUT2D eigenvalue weighted by molar-refractivity contribution is 5.88. The molecule has 0 radical (unpaired) electrons. The number of hydrogen-bond donors (Lipinski definition) is 1. The lowest BCUT2D eigenvalue weighted by atomic mass is 10.1. The van der Waals surface area contributed by atoms with Crippen molar-refractivity contribution in [3.63, 3.8) is 0 Å². The normalized spacial score (nSPS) is 10.2. The average molecular weight is 233 g/mol. The second-order valence-corrected chi connectivity index (χ2v) is 3.42. The van der Waals surface area contributed by atoms with Crippen LogP contribution in [0.5, 0.6) is 5.75 Å². The van der Waals surface area contributed by atoms with Crippen molar-refractivity contribution >= 4 is 5.97 Å². The summed E-state index contributed by atoms with van der Waals surface area (Å²) in [6, 6.07) is 4.71. The molecule has 0 aliphatic carbocycles. The molecule has 0 atom stereocenters. The Morgan fingerprint density at radius 1 is 1.53 bits per heavy atom. The van der Waals surface area contributed by atoms with Gasteiger partial charge in [0, 0.05) is 5.56 Å². The quantitative estimate of drug-likeness (QED) is 0.853. The monoisotopic (exact) mass is 233 g/mol. The summed E-state index contributed by atoms with van der Waals surface area (Å²) in [5.74, 6) is -0.335. The summed E-state index contributed by atoms with van der Waals surface area (Å²) in [6.07, 6.45) is 2.99. The Labute approximate surface area is 97.5 Å². The van der Waals surface area contributed by atoms with Gasteiger partial charge in [-0.1, -0.05) is 0 Å². The summed E-state index contributed by atoms with van der Waals surface area (Å²) in [4.78, 5) is 14.7. The largest absolute Gasteiger partial charge is 0.496 e. The van der Waals surface area contributed by atoms with Crippen molar-refractivity contribution in [1.29, 1.82) is 0 Å². The molecule has 0 amide bonds. The zero-order valence-corrected chi connectivity index (χ0v) is 9.20. The number of carbonyl (C=O) groups is 1. The van der Waals surface area contributed by atoms with Gasteiger partial charge in [0.15, 0.2) is 0 Å². The molecule has 1 heterocycles. The Morgan fingerprint density at radius 2 is 2.35 bits per heavy atom. The van der Waals surface area contributed by atoms with E-state index in [9.17, 15) is 4.79 Å². The molecule has 1 aromatic carbocycles. The maximum absolute atomic E-state index is 10.9. The molecule has 0 aliphatic rings. The minimum absolute atomic E-state index is 0.223. The lowest BCUT2D eigenvalue weighted by molar-refractivity contribution is 0.0696.